The summed E-state index contributed by atoms with van der Waals surface area (Å²) < 4.78 is 11.1. The minimum Gasteiger partial charge on any atom is -0.481 e. The SMILES string of the molecule is C[C@@H](O)[C@H](CCCCCCCCCCCCCCCCC(=O)O)O[C@H]1O[C@@H](CO)[C@@H](O)[C@@H](O)[C@H]1O. The molecule has 208 valence electrons. The number of carboxylic acids is 1. The average molecular weight is 507 g/mol. The van der Waals surface area contributed by atoms with Crippen LogP contribution in [0.1, 0.15) is 110 Å². The molecule has 35 heavy (non-hydrogen) atoms. The summed E-state index contributed by atoms with van der Waals surface area (Å²) in [4.78, 5) is 10.5. The van der Waals surface area contributed by atoms with Crippen molar-refractivity contribution in [1.29, 1.82) is 0 Å². The van der Waals surface area contributed by atoms with E-state index in [-0.39, 0.29) is 6.42 Å². The molecule has 0 aliphatic carbocycles. The highest BCUT2D eigenvalue weighted by atomic mass is 16.7. The van der Waals surface area contributed by atoms with E-state index in [1.807, 2.05) is 0 Å². The van der Waals surface area contributed by atoms with Crippen LogP contribution < -0.4 is 0 Å². The van der Waals surface area contributed by atoms with E-state index in [1.165, 1.54) is 51.4 Å². The normalized spacial score (nSPS) is 26.5. The Labute approximate surface area is 210 Å². The van der Waals surface area contributed by atoms with E-state index in [0.29, 0.717) is 6.42 Å². The number of rotatable bonds is 21. The van der Waals surface area contributed by atoms with Gasteiger partial charge in [0.15, 0.2) is 6.29 Å². The maximum atomic E-state index is 10.5. The Morgan fingerprint density at radius 1 is 0.771 bits per heavy atom. The van der Waals surface area contributed by atoms with E-state index in [9.17, 15) is 30.3 Å². The molecule has 0 unspecified atom stereocenters. The first kappa shape index (κ1) is 32.2. The number of hydrogen-bond acceptors (Lipinski definition) is 8. The third kappa shape index (κ3) is 13.9. The monoisotopic (exact) mass is 506 g/mol. The van der Waals surface area contributed by atoms with E-state index in [2.05, 4.69) is 0 Å². The van der Waals surface area contributed by atoms with Gasteiger partial charge in [-0.25, -0.2) is 0 Å². The molecule has 0 saturated carbocycles. The van der Waals surface area contributed by atoms with Crippen LogP contribution in [-0.4, -0.2) is 86.1 Å². The Bertz CT molecular complexity index is 529. The van der Waals surface area contributed by atoms with Gasteiger partial charge in [0.05, 0.1) is 18.8 Å². The highest BCUT2D eigenvalue weighted by molar-refractivity contribution is 5.66. The second-order valence-corrected chi connectivity index (χ2v) is 9.99. The lowest BCUT2D eigenvalue weighted by Crippen LogP contribution is -2.60. The first-order chi connectivity index (χ1) is 16.8. The van der Waals surface area contributed by atoms with E-state index < -0.39 is 55.5 Å². The fraction of sp³-hybridized carbons (Fsp3) is 0.962. The summed E-state index contributed by atoms with van der Waals surface area (Å²) in [7, 11) is 0. The minimum absolute atomic E-state index is 0.289. The molecule has 0 spiro atoms. The number of aliphatic hydroxyl groups excluding tert-OH is 5. The molecule has 6 N–H and O–H groups in total. The van der Waals surface area contributed by atoms with E-state index in [0.717, 1.165) is 38.5 Å². The van der Waals surface area contributed by atoms with Gasteiger partial charge in [0, 0.05) is 6.42 Å². The van der Waals surface area contributed by atoms with Crippen LogP contribution in [0.5, 0.6) is 0 Å². The Hall–Kier alpha value is -0.810. The Morgan fingerprint density at radius 2 is 1.23 bits per heavy atom. The molecule has 1 aliphatic rings. The molecular formula is C26H50O9. The van der Waals surface area contributed by atoms with Crippen molar-refractivity contribution in [2.75, 3.05) is 6.61 Å². The van der Waals surface area contributed by atoms with Gasteiger partial charge < -0.3 is 40.1 Å². The summed E-state index contributed by atoms with van der Waals surface area (Å²) in [6.45, 7) is 1.09. The Balaban J connectivity index is 2.04. The van der Waals surface area contributed by atoms with Crippen molar-refractivity contribution in [2.24, 2.45) is 0 Å². The van der Waals surface area contributed by atoms with Gasteiger partial charge in [0.1, 0.15) is 24.4 Å². The van der Waals surface area contributed by atoms with Crippen LogP contribution in [0.2, 0.25) is 0 Å². The van der Waals surface area contributed by atoms with Crippen molar-refractivity contribution < 1.29 is 44.9 Å². The molecule has 0 aromatic carbocycles. The summed E-state index contributed by atoms with van der Waals surface area (Å²) in [5, 5.41) is 57.9. The van der Waals surface area contributed by atoms with Gasteiger partial charge in [-0.15, -0.1) is 0 Å². The molecule has 1 saturated heterocycles. The highest BCUT2D eigenvalue weighted by Gasteiger charge is 2.45. The number of carbonyl (C=O) groups is 1. The Morgan fingerprint density at radius 3 is 1.66 bits per heavy atom. The van der Waals surface area contributed by atoms with Crippen LogP contribution in [0, 0.1) is 0 Å². The topological polar surface area (TPSA) is 157 Å². The van der Waals surface area contributed by atoms with Gasteiger partial charge in [0.25, 0.3) is 0 Å². The number of aliphatic carboxylic acids is 1. The quantitative estimate of drug-likeness (QED) is 0.129. The molecule has 0 radical (unpaired) electrons. The fourth-order valence-electron chi connectivity index (χ4n) is 4.52. The molecule has 1 heterocycles. The maximum absolute atomic E-state index is 10.5. The zero-order chi connectivity index (χ0) is 26.1. The first-order valence-corrected chi connectivity index (χ1v) is 13.6. The maximum Gasteiger partial charge on any atom is 0.303 e. The number of aliphatic hydroxyl groups is 5. The van der Waals surface area contributed by atoms with Gasteiger partial charge in [-0.1, -0.05) is 83.5 Å². The van der Waals surface area contributed by atoms with Gasteiger partial charge in [0.2, 0.25) is 0 Å². The van der Waals surface area contributed by atoms with Crippen molar-refractivity contribution >= 4 is 5.97 Å². The van der Waals surface area contributed by atoms with Crippen molar-refractivity contribution in [3.8, 4) is 0 Å². The van der Waals surface area contributed by atoms with Crippen LogP contribution in [0.3, 0.4) is 0 Å². The summed E-state index contributed by atoms with van der Waals surface area (Å²) in [5.74, 6) is -0.699. The summed E-state index contributed by atoms with van der Waals surface area (Å²) in [6.07, 6.45) is 8.69. The fourth-order valence-corrected chi connectivity index (χ4v) is 4.52. The molecule has 7 atom stereocenters. The average Bonchev–Trinajstić information content (AvgIpc) is 2.82. The number of ether oxygens (including phenoxy) is 2. The summed E-state index contributed by atoms with van der Waals surface area (Å²) in [6, 6.07) is 0. The van der Waals surface area contributed by atoms with Gasteiger partial charge in [-0.3, -0.25) is 4.79 Å². The first-order valence-electron chi connectivity index (χ1n) is 13.6. The van der Waals surface area contributed by atoms with Crippen LogP contribution in [0.4, 0.5) is 0 Å². The molecule has 9 heteroatoms. The predicted octanol–water partition coefficient (Wildman–Crippen LogP) is 2.88. The number of carboxylic acid groups (broad SMARTS) is 1. The molecule has 9 nitrogen and oxygen atoms in total. The second-order valence-electron chi connectivity index (χ2n) is 9.99. The van der Waals surface area contributed by atoms with E-state index in [1.54, 1.807) is 6.92 Å². The van der Waals surface area contributed by atoms with Gasteiger partial charge in [-0.2, -0.15) is 0 Å². The molecule has 0 aromatic heterocycles. The molecule has 0 aromatic rings. The van der Waals surface area contributed by atoms with Crippen LogP contribution in [0.25, 0.3) is 0 Å². The predicted molar refractivity (Wildman–Crippen MR) is 132 cm³/mol. The zero-order valence-corrected chi connectivity index (χ0v) is 21.5. The second kappa shape index (κ2) is 19.3. The van der Waals surface area contributed by atoms with Gasteiger partial charge >= 0.3 is 5.97 Å². The molecule has 0 bridgehead atoms. The van der Waals surface area contributed by atoms with Crippen LogP contribution >= 0.6 is 0 Å². The number of hydrogen-bond donors (Lipinski definition) is 6. The largest absolute Gasteiger partial charge is 0.481 e. The number of unbranched alkanes of at least 4 members (excludes halogenated alkanes) is 13. The standard InChI is InChI=1S/C26H50O9/c1-19(28)20(34-26-25(33)24(32)23(31)21(18-27)35-26)16-14-12-10-8-6-4-2-3-5-7-9-11-13-15-17-22(29)30/h19-21,23-28,31-33H,2-18H2,1H3,(H,29,30)/t19-,20+,21+,23-,24-,25-,26+/m1/s1. The van der Waals surface area contributed by atoms with Crippen molar-refractivity contribution in [3.63, 3.8) is 0 Å². The Kier molecular flexibility index (Phi) is 17.8. The molecule has 0 amide bonds. The lowest BCUT2D eigenvalue weighted by atomic mass is 9.99. The van der Waals surface area contributed by atoms with Gasteiger partial charge in [-0.05, 0) is 19.8 Å². The van der Waals surface area contributed by atoms with Crippen LogP contribution in [-0.2, 0) is 14.3 Å². The van der Waals surface area contributed by atoms with Crippen molar-refractivity contribution in [3.05, 3.63) is 0 Å². The summed E-state index contributed by atoms with van der Waals surface area (Å²) >= 11 is 0. The lowest BCUT2D eigenvalue weighted by Gasteiger charge is -2.41. The third-order valence-corrected chi connectivity index (χ3v) is 6.82. The summed E-state index contributed by atoms with van der Waals surface area (Å²) in [5.41, 5.74) is 0. The molecule has 1 rings (SSSR count). The molecular weight excluding hydrogens is 456 g/mol. The third-order valence-electron chi connectivity index (χ3n) is 6.82. The molecule has 1 aliphatic heterocycles. The van der Waals surface area contributed by atoms with Crippen molar-refractivity contribution in [1.82, 2.24) is 0 Å². The van der Waals surface area contributed by atoms with Crippen molar-refractivity contribution in [2.45, 2.75) is 153 Å². The van der Waals surface area contributed by atoms with E-state index in [4.69, 9.17) is 14.6 Å². The smallest absolute Gasteiger partial charge is 0.303 e. The lowest BCUT2D eigenvalue weighted by molar-refractivity contribution is -0.317. The van der Waals surface area contributed by atoms with Crippen LogP contribution in [0.15, 0.2) is 0 Å². The minimum atomic E-state index is -1.49. The molecule has 1 fully saturated rings. The van der Waals surface area contributed by atoms with E-state index >= 15 is 0 Å². The zero-order valence-electron chi connectivity index (χ0n) is 21.5. The highest BCUT2D eigenvalue weighted by Crippen LogP contribution is 2.25.